The van der Waals surface area contributed by atoms with Crippen molar-refractivity contribution < 1.29 is 13.3 Å². The van der Waals surface area contributed by atoms with E-state index in [0.717, 1.165) is 0 Å². The molecule has 5 heteroatoms. The Hall–Kier alpha value is 0.314. The zero-order valence-corrected chi connectivity index (χ0v) is 8.85. The molecule has 0 rings (SSSR count). The molecule has 0 N–H and O–H groups in total. The van der Waals surface area contributed by atoms with Crippen LogP contribution < -0.4 is 0 Å². The molecule has 0 aliphatic heterocycles. The minimum absolute atomic E-state index is 0. The van der Waals surface area contributed by atoms with Gasteiger partial charge in [0.2, 0.25) is 0 Å². The molecule has 0 aromatic heterocycles. The molecule has 0 bridgehead atoms. The molecular weight excluding hydrogens is 188 g/mol. The van der Waals surface area contributed by atoms with Crippen molar-refractivity contribution in [3.05, 3.63) is 0 Å². The normalized spacial score (nSPS) is 11.0. The smallest absolute Gasteiger partial charge is 0.374 e. The fourth-order valence-corrected chi connectivity index (χ4v) is 2.73. The second-order valence-corrected chi connectivity index (χ2v) is 4.75. The third-order valence-electron chi connectivity index (χ3n) is 1.22. The van der Waals surface area contributed by atoms with Gasteiger partial charge in [-0.2, -0.15) is 0 Å². The second kappa shape index (κ2) is 7.94. The Balaban J connectivity index is 0. The fraction of sp³-hybridized carbons (Fsp3) is 1.00. The molecule has 0 radical (unpaired) electrons. The van der Waals surface area contributed by atoms with Crippen LogP contribution in [-0.2, 0) is 13.3 Å². The summed E-state index contributed by atoms with van der Waals surface area (Å²) in [6, 6.07) is 0. The van der Waals surface area contributed by atoms with E-state index in [1.54, 1.807) is 0 Å². The summed E-state index contributed by atoms with van der Waals surface area (Å²) in [4.78, 5) is 0. The van der Waals surface area contributed by atoms with Crippen molar-refractivity contribution in [2.45, 2.75) is 27.3 Å². The molecule has 0 aromatic rings. The Kier molecular flexibility index (Phi) is 9.80. The van der Waals surface area contributed by atoms with E-state index < -0.39 is 8.80 Å². The topological polar surface area (TPSA) is 27.7 Å². The lowest BCUT2D eigenvalue weighted by Gasteiger charge is -2.23. The average Bonchev–Trinajstić information content (AvgIpc) is 1.88. The fourth-order valence-electron chi connectivity index (χ4n) is 0.912. The largest absolute Gasteiger partial charge is 0.497 e. The molecule has 0 heterocycles. The van der Waals surface area contributed by atoms with Crippen molar-refractivity contribution in [2.75, 3.05) is 19.8 Å². The monoisotopic (exact) mass is 210 g/mol. The summed E-state index contributed by atoms with van der Waals surface area (Å²) < 4.78 is 16.2. The van der Waals surface area contributed by atoms with Crippen LogP contribution in [0.25, 0.3) is 0 Å². The van der Waals surface area contributed by atoms with Crippen LogP contribution in [0.4, 0.5) is 0 Å². The van der Waals surface area contributed by atoms with Gasteiger partial charge in [-0.25, -0.2) is 0 Å². The van der Waals surface area contributed by atoms with Crippen molar-refractivity contribution in [1.29, 1.82) is 0 Å². The SMILES string of the molecule is CCO[Si](C)(OCC)OCC.[SiH4]. The average molecular weight is 210 g/mol. The highest BCUT2D eigenvalue weighted by Gasteiger charge is 2.32. The van der Waals surface area contributed by atoms with Gasteiger partial charge in [-0.1, -0.05) is 0 Å². The van der Waals surface area contributed by atoms with Crippen molar-refractivity contribution in [1.82, 2.24) is 0 Å². The molecule has 0 saturated carbocycles. The van der Waals surface area contributed by atoms with E-state index in [1.807, 2.05) is 27.3 Å². The van der Waals surface area contributed by atoms with Gasteiger partial charge in [0.25, 0.3) is 0 Å². The van der Waals surface area contributed by atoms with Crippen LogP contribution in [0.1, 0.15) is 20.8 Å². The minimum atomic E-state index is -2.25. The van der Waals surface area contributed by atoms with Crippen LogP contribution >= 0.6 is 0 Å². The second-order valence-electron chi connectivity index (χ2n) is 2.16. The van der Waals surface area contributed by atoms with Gasteiger partial charge in [0, 0.05) is 26.4 Å². The summed E-state index contributed by atoms with van der Waals surface area (Å²) in [6.45, 7) is 9.73. The van der Waals surface area contributed by atoms with Crippen molar-refractivity contribution in [3.8, 4) is 0 Å². The first-order chi connectivity index (χ1) is 5.18. The Morgan fingerprint density at radius 3 is 1.25 bits per heavy atom. The van der Waals surface area contributed by atoms with E-state index >= 15 is 0 Å². The predicted molar refractivity (Wildman–Crippen MR) is 57.8 cm³/mol. The quantitative estimate of drug-likeness (QED) is 0.587. The number of hydrogen-bond donors (Lipinski definition) is 0. The van der Waals surface area contributed by atoms with Gasteiger partial charge in [-0.15, -0.1) is 0 Å². The van der Waals surface area contributed by atoms with Gasteiger partial charge in [0.1, 0.15) is 0 Å². The Morgan fingerprint density at radius 1 is 0.833 bits per heavy atom. The molecule has 76 valence electrons. The highest BCUT2D eigenvalue weighted by Crippen LogP contribution is 2.08. The van der Waals surface area contributed by atoms with Crippen LogP contribution in [0.15, 0.2) is 0 Å². The summed E-state index contributed by atoms with van der Waals surface area (Å²) in [5, 5.41) is 0. The van der Waals surface area contributed by atoms with Crippen molar-refractivity contribution in [2.24, 2.45) is 0 Å². The molecule has 0 spiro atoms. The first-order valence-corrected chi connectivity index (χ1v) is 6.32. The van der Waals surface area contributed by atoms with Gasteiger partial charge in [0.15, 0.2) is 0 Å². The molecule has 0 unspecified atom stereocenters. The van der Waals surface area contributed by atoms with Gasteiger partial charge < -0.3 is 13.3 Å². The molecule has 0 saturated heterocycles. The molecule has 12 heavy (non-hydrogen) atoms. The standard InChI is InChI=1S/C7H18O3Si.H4Si/c1-5-8-11(4,9-6-2)10-7-3;/h5-7H2,1-4H3;1H4. The third kappa shape index (κ3) is 5.90. The summed E-state index contributed by atoms with van der Waals surface area (Å²) in [5.41, 5.74) is 0. The molecule has 0 aliphatic carbocycles. The molecular formula is C7H22O3Si2. The summed E-state index contributed by atoms with van der Waals surface area (Å²) in [7, 11) is -2.25. The van der Waals surface area contributed by atoms with Crippen LogP contribution in [0, 0.1) is 0 Å². The van der Waals surface area contributed by atoms with E-state index in [9.17, 15) is 0 Å². The van der Waals surface area contributed by atoms with Gasteiger partial charge in [-0.3, -0.25) is 0 Å². The Labute approximate surface area is 80.8 Å². The maximum absolute atomic E-state index is 5.40. The maximum Gasteiger partial charge on any atom is 0.497 e. The van der Waals surface area contributed by atoms with E-state index in [-0.39, 0.29) is 11.0 Å². The minimum Gasteiger partial charge on any atom is -0.374 e. The van der Waals surface area contributed by atoms with Crippen LogP contribution in [0.2, 0.25) is 6.55 Å². The lowest BCUT2D eigenvalue weighted by Crippen LogP contribution is -2.42. The van der Waals surface area contributed by atoms with E-state index in [0.29, 0.717) is 19.8 Å². The summed E-state index contributed by atoms with van der Waals surface area (Å²) >= 11 is 0. The van der Waals surface area contributed by atoms with Gasteiger partial charge in [-0.05, 0) is 31.7 Å². The molecule has 0 fully saturated rings. The van der Waals surface area contributed by atoms with E-state index in [1.165, 1.54) is 0 Å². The molecule has 0 aromatic carbocycles. The maximum atomic E-state index is 5.40. The first kappa shape index (κ1) is 14.8. The highest BCUT2D eigenvalue weighted by molar-refractivity contribution is 6.59. The summed E-state index contributed by atoms with van der Waals surface area (Å²) in [5.74, 6) is 0. The highest BCUT2D eigenvalue weighted by atomic mass is 28.4. The lowest BCUT2D eigenvalue weighted by atomic mass is 10.9. The van der Waals surface area contributed by atoms with Gasteiger partial charge >= 0.3 is 8.80 Å². The van der Waals surface area contributed by atoms with Gasteiger partial charge in [0.05, 0.1) is 0 Å². The lowest BCUT2D eigenvalue weighted by molar-refractivity contribution is 0.0783. The number of rotatable bonds is 6. The molecule has 0 aliphatic rings. The predicted octanol–water partition coefficient (Wildman–Crippen LogP) is 0.213. The zero-order chi connectivity index (χ0) is 8.74. The molecule has 3 nitrogen and oxygen atoms in total. The zero-order valence-electron chi connectivity index (χ0n) is 7.85. The number of hydrogen-bond acceptors (Lipinski definition) is 3. The van der Waals surface area contributed by atoms with Crippen LogP contribution in [-0.4, -0.2) is 39.6 Å². The Morgan fingerprint density at radius 2 is 1.08 bits per heavy atom. The third-order valence-corrected chi connectivity index (χ3v) is 3.66. The molecule has 0 amide bonds. The van der Waals surface area contributed by atoms with E-state index in [2.05, 4.69) is 0 Å². The summed E-state index contributed by atoms with van der Waals surface area (Å²) in [6.07, 6.45) is 0. The Bertz CT molecular complexity index is 83.6. The van der Waals surface area contributed by atoms with E-state index in [4.69, 9.17) is 13.3 Å². The first-order valence-electron chi connectivity index (χ1n) is 4.10. The molecule has 0 atom stereocenters. The van der Waals surface area contributed by atoms with Crippen LogP contribution in [0.3, 0.4) is 0 Å². The van der Waals surface area contributed by atoms with Crippen molar-refractivity contribution in [3.63, 3.8) is 0 Å². The van der Waals surface area contributed by atoms with Crippen LogP contribution in [0.5, 0.6) is 0 Å². The van der Waals surface area contributed by atoms with Crippen molar-refractivity contribution >= 4 is 19.8 Å².